The van der Waals surface area contributed by atoms with Crippen molar-refractivity contribution in [3.63, 3.8) is 0 Å². The summed E-state index contributed by atoms with van der Waals surface area (Å²) in [6.07, 6.45) is 0. The van der Waals surface area contributed by atoms with Crippen molar-refractivity contribution >= 4 is 23.6 Å². The average molecular weight is 276 g/mol. The smallest absolute Gasteiger partial charge is 0.323 e. The molecule has 0 aliphatic heterocycles. The number of rotatable bonds is 7. The standard InChI is InChI=1S/C12H24N2O3S/c1-12(2,3)18-9-10(15)14(8-11(16)17)7-6-13(4)5/h6-9H2,1-5H3,(H,16,17). The second kappa shape index (κ2) is 7.63. The number of likely N-dealkylation sites (N-methyl/N-ethyl adjacent to an activating group) is 1. The Hall–Kier alpha value is -0.750. The molecular weight excluding hydrogens is 252 g/mol. The zero-order valence-corrected chi connectivity index (χ0v) is 12.7. The number of thioether (sulfide) groups is 1. The van der Waals surface area contributed by atoms with Gasteiger partial charge in [0.05, 0.1) is 5.75 Å². The minimum atomic E-state index is -0.970. The summed E-state index contributed by atoms with van der Waals surface area (Å²) in [5.74, 6) is -0.758. The summed E-state index contributed by atoms with van der Waals surface area (Å²) in [7, 11) is 3.79. The van der Waals surface area contributed by atoms with Crippen molar-refractivity contribution in [3.05, 3.63) is 0 Å². The molecule has 0 saturated carbocycles. The van der Waals surface area contributed by atoms with Crippen LogP contribution in [0.1, 0.15) is 20.8 Å². The fourth-order valence-electron chi connectivity index (χ4n) is 1.15. The monoisotopic (exact) mass is 276 g/mol. The highest BCUT2D eigenvalue weighted by molar-refractivity contribution is 8.01. The minimum Gasteiger partial charge on any atom is -0.480 e. The third kappa shape index (κ3) is 9.30. The van der Waals surface area contributed by atoms with Crippen molar-refractivity contribution < 1.29 is 14.7 Å². The number of hydrogen-bond donors (Lipinski definition) is 1. The van der Waals surface area contributed by atoms with Crippen LogP contribution in [0.4, 0.5) is 0 Å². The van der Waals surface area contributed by atoms with Gasteiger partial charge in [-0.2, -0.15) is 0 Å². The minimum absolute atomic E-state index is 0.00605. The quantitative estimate of drug-likeness (QED) is 0.751. The first-order valence-electron chi connectivity index (χ1n) is 5.90. The third-order valence-corrected chi connectivity index (χ3v) is 3.38. The van der Waals surface area contributed by atoms with Gasteiger partial charge < -0.3 is 14.9 Å². The largest absolute Gasteiger partial charge is 0.480 e. The van der Waals surface area contributed by atoms with Crippen LogP contribution in [0.2, 0.25) is 0 Å². The molecule has 0 unspecified atom stereocenters. The molecule has 0 aliphatic carbocycles. The van der Waals surface area contributed by atoms with Gasteiger partial charge in [0.2, 0.25) is 5.91 Å². The van der Waals surface area contributed by atoms with Crippen LogP contribution in [0.15, 0.2) is 0 Å². The van der Waals surface area contributed by atoms with Crippen molar-refractivity contribution in [1.82, 2.24) is 9.80 Å². The van der Waals surface area contributed by atoms with E-state index in [9.17, 15) is 9.59 Å². The van der Waals surface area contributed by atoms with Crippen molar-refractivity contribution in [2.24, 2.45) is 0 Å². The molecule has 0 aromatic rings. The maximum absolute atomic E-state index is 12.0. The fraction of sp³-hybridized carbons (Fsp3) is 0.833. The van der Waals surface area contributed by atoms with Crippen LogP contribution in [0.5, 0.6) is 0 Å². The third-order valence-electron chi connectivity index (χ3n) is 2.12. The number of amides is 1. The van der Waals surface area contributed by atoms with E-state index in [-0.39, 0.29) is 17.2 Å². The Kier molecular flexibility index (Phi) is 7.32. The Balaban J connectivity index is 4.35. The van der Waals surface area contributed by atoms with Gasteiger partial charge in [-0.25, -0.2) is 0 Å². The molecule has 0 atom stereocenters. The van der Waals surface area contributed by atoms with Crippen molar-refractivity contribution in [3.8, 4) is 0 Å². The lowest BCUT2D eigenvalue weighted by Gasteiger charge is -2.24. The molecule has 106 valence electrons. The SMILES string of the molecule is CN(C)CCN(CC(=O)O)C(=O)CSC(C)(C)C. The molecule has 0 heterocycles. The van der Waals surface area contributed by atoms with Crippen LogP contribution in [0.3, 0.4) is 0 Å². The molecule has 5 nitrogen and oxygen atoms in total. The molecule has 0 rings (SSSR count). The Morgan fingerprint density at radius 3 is 2.11 bits per heavy atom. The van der Waals surface area contributed by atoms with Gasteiger partial charge in [0.25, 0.3) is 0 Å². The van der Waals surface area contributed by atoms with Crippen LogP contribution in [0, 0.1) is 0 Å². The zero-order valence-electron chi connectivity index (χ0n) is 11.9. The van der Waals surface area contributed by atoms with Crippen LogP contribution in [0.25, 0.3) is 0 Å². The Labute approximate surface area is 114 Å². The number of hydrogen-bond acceptors (Lipinski definition) is 4. The summed E-state index contributed by atoms with van der Waals surface area (Å²) in [4.78, 5) is 26.0. The topological polar surface area (TPSA) is 60.9 Å². The number of carboxylic acids is 1. The van der Waals surface area contributed by atoms with Crippen LogP contribution < -0.4 is 0 Å². The molecule has 0 aromatic heterocycles. The summed E-state index contributed by atoms with van der Waals surface area (Å²) < 4.78 is 0.00605. The van der Waals surface area contributed by atoms with E-state index in [0.717, 1.165) is 0 Å². The van der Waals surface area contributed by atoms with Gasteiger partial charge in [-0.05, 0) is 14.1 Å². The van der Waals surface area contributed by atoms with E-state index >= 15 is 0 Å². The van der Waals surface area contributed by atoms with Crippen molar-refractivity contribution in [2.75, 3.05) is 39.5 Å². The molecule has 0 aromatic carbocycles. The molecular formula is C12H24N2O3S. The summed E-state index contributed by atoms with van der Waals surface area (Å²) in [5, 5.41) is 8.81. The molecule has 0 bridgehead atoms. The highest BCUT2D eigenvalue weighted by Gasteiger charge is 2.20. The van der Waals surface area contributed by atoms with Gasteiger partial charge in [-0.3, -0.25) is 9.59 Å². The average Bonchev–Trinajstić information content (AvgIpc) is 2.19. The van der Waals surface area contributed by atoms with Gasteiger partial charge in [0.1, 0.15) is 6.54 Å². The summed E-state index contributed by atoms with van der Waals surface area (Å²) >= 11 is 1.53. The Bertz CT molecular complexity index is 288. The molecule has 1 N–H and O–H groups in total. The second-order valence-electron chi connectivity index (χ2n) is 5.41. The molecule has 0 saturated heterocycles. The summed E-state index contributed by atoms with van der Waals surface area (Å²) in [5.41, 5.74) is 0. The number of carboxylic acid groups (broad SMARTS) is 1. The highest BCUT2D eigenvalue weighted by atomic mass is 32.2. The maximum atomic E-state index is 12.0. The molecule has 6 heteroatoms. The van der Waals surface area contributed by atoms with Crippen LogP contribution >= 0.6 is 11.8 Å². The number of aliphatic carboxylic acids is 1. The van der Waals surface area contributed by atoms with Gasteiger partial charge in [0.15, 0.2) is 0 Å². The lowest BCUT2D eigenvalue weighted by Crippen LogP contribution is -2.41. The van der Waals surface area contributed by atoms with E-state index in [2.05, 4.69) is 0 Å². The lowest BCUT2D eigenvalue weighted by atomic mass is 10.3. The van der Waals surface area contributed by atoms with E-state index in [1.165, 1.54) is 16.7 Å². The molecule has 0 aliphatic rings. The molecule has 0 spiro atoms. The van der Waals surface area contributed by atoms with E-state index in [1.54, 1.807) is 0 Å². The van der Waals surface area contributed by atoms with Crippen molar-refractivity contribution in [1.29, 1.82) is 0 Å². The second-order valence-corrected chi connectivity index (χ2v) is 7.22. The van der Waals surface area contributed by atoms with E-state index in [0.29, 0.717) is 18.8 Å². The molecule has 0 fully saturated rings. The van der Waals surface area contributed by atoms with Crippen LogP contribution in [-0.2, 0) is 9.59 Å². The van der Waals surface area contributed by atoms with Gasteiger partial charge in [-0.15, -0.1) is 11.8 Å². The highest BCUT2D eigenvalue weighted by Crippen LogP contribution is 2.23. The van der Waals surface area contributed by atoms with E-state index in [1.807, 2.05) is 39.8 Å². The van der Waals surface area contributed by atoms with E-state index < -0.39 is 5.97 Å². The number of nitrogens with zero attached hydrogens (tertiary/aromatic N) is 2. The van der Waals surface area contributed by atoms with Gasteiger partial charge >= 0.3 is 5.97 Å². The summed E-state index contributed by atoms with van der Waals surface area (Å²) in [6.45, 7) is 6.99. The van der Waals surface area contributed by atoms with Gasteiger partial charge in [-0.1, -0.05) is 20.8 Å². The Morgan fingerprint density at radius 2 is 1.72 bits per heavy atom. The first-order chi connectivity index (χ1) is 8.11. The molecule has 0 radical (unpaired) electrons. The number of carbonyl (C=O) groups excluding carboxylic acids is 1. The van der Waals surface area contributed by atoms with Gasteiger partial charge in [0, 0.05) is 17.8 Å². The first-order valence-corrected chi connectivity index (χ1v) is 6.88. The maximum Gasteiger partial charge on any atom is 0.323 e. The zero-order chi connectivity index (χ0) is 14.3. The normalized spacial score (nSPS) is 11.7. The van der Waals surface area contributed by atoms with E-state index in [4.69, 9.17) is 5.11 Å². The Morgan fingerprint density at radius 1 is 1.17 bits per heavy atom. The predicted octanol–water partition coefficient (Wildman–Crippen LogP) is 0.993. The van der Waals surface area contributed by atoms with Crippen molar-refractivity contribution in [2.45, 2.75) is 25.5 Å². The fourth-order valence-corrected chi connectivity index (χ4v) is 1.88. The predicted molar refractivity (Wildman–Crippen MR) is 75.0 cm³/mol. The molecule has 1 amide bonds. The summed E-state index contributed by atoms with van der Waals surface area (Å²) in [6, 6.07) is 0. The van der Waals surface area contributed by atoms with Crippen LogP contribution in [-0.4, -0.2) is 71.0 Å². The number of carbonyl (C=O) groups is 2. The molecule has 18 heavy (non-hydrogen) atoms. The first kappa shape index (κ1) is 17.2. The lowest BCUT2D eigenvalue weighted by molar-refractivity contribution is -0.143.